The fourth-order valence-corrected chi connectivity index (χ4v) is 3.84. The van der Waals surface area contributed by atoms with Gasteiger partial charge in [-0.2, -0.15) is 0 Å². The van der Waals surface area contributed by atoms with Crippen LogP contribution in [0.4, 0.5) is 5.69 Å². The van der Waals surface area contributed by atoms with Gasteiger partial charge in [0.1, 0.15) is 12.4 Å². The Kier molecular flexibility index (Phi) is 7.86. The predicted molar refractivity (Wildman–Crippen MR) is 112 cm³/mol. The molecular formula is C20H21Br2NO4. The van der Waals surface area contributed by atoms with Gasteiger partial charge in [0.05, 0.1) is 8.95 Å². The molecule has 0 aliphatic carbocycles. The monoisotopic (exact) mass is 497 g/mol. The lowest BCUT2D eigenvalue weighted by Crippen LogP contribution is -2.17. The highest BCUT2D eigenvalue weighted by Gasteiger charge is 2.11. The quantitative estimate of drug-likeness (QED) is 0.510. The van der Waals surface area contributed by atoms with Gasteiger partial charge < -0.3 is 15.2 Å². The topological polar surface area (TPSA) is 75.6 Å². The van der Waals surface area contributed by atoms with Crippen LogP contribution in [-0.4, -0.2) is 17.0 Å². The number of carboxylic acid groups (broad SMARTS) is 1. The fourth-order valence-electron chi connectivity index (χ4n) is 2.33. The van der Waals surface area contributed by atoms with E-state index in [1.807, 2.05) is 50.2 Å². The summed E-state index contributed by atoms with van der Waals surface area (Å²) in [7, 11) is 0. The zero-order valence-corrected chi connectivity index (χ0v) is 18.3. The standard InChI is InChI=1S/C20H21Br2NO4/c1-12(2)20(26)23-15-5-3-4-14(8-15)11-27-19-16(21)9-13(10-17(19)22)6-7-18(24)25/h3-5,8-10,12H,6-7,11H2,1-2H3,(H,23,26)(H,24,25). The van der Waals surface area contributed by atoms with Crippen molar-refractivity contribution in [2.45, 2.75) is 33.3 Å². The van der Waals surface area contributed by atoms with Gasteiger partial charge in [-0.25, -0.2) is 0 Å². The van der Waals surface area contributed by atoms with E-state index in [1.165, 1.54) is 0 Å². The second-order valence-corrected chi connectivity index (χ2v) is 8.12. The van der Waals surface area contributed by atoms with E-state index in [0.29, 0.717) is 18.8 Å². The zero-order valence-electron chi connectivity index (χ0n) is 15.1. The molecule has 0 aliphatic rings. The second-order valence-electron chi connectivity index (χ2n) is 6.42. The first-order chi connectivity index (χ1) is 12.8. The number of hydrogen-bond acceptors (Lipinski definition) is 3. The van der Waals surface area contributed by atoms with Crippen LogP contribution in [0.1, 0.15) is 31.4 Å². The Labute approximate surface area is 175 Å². The zero-order chi connectivity index (χ0) is 20.0. The first-order valence-corrected chi connectivity index (χ1v) is 10.1. The number of rotatable bonds is 8. The molecule has 2 rings (SSSR count). The molecule has 0 unspecified atom stereocenters. The first kappa shape index (κ1) is 21.4. The summed E-state index contributed by atoms with van der Waals surface area (Å²) in [6.45, 7) is 4.02. The van der Waals surface area contributed by atoms with Gasteiger partial charge in [0, 0.05) is 18.0 Å². The number of carbonyl (C=O) groups excluding carboxylic acids is 1. The summed E-state index contributed by atoms with van der Waals surface area (Å²) in [4.78, 5) is 22.6. The van der Waals surface area contributed by atoms with Crippen LogP contribution in [0.25, 0.3) is 0 Å². The number of ether oxygens (including phenoxy) is 1. The lowest BCUT2D eigenvalue weighted by Gasteiger charge is -2.13. The Hall–Kier alpha value is -1.86. The normalized spacial score (nSPS) is 10.7. The molecule has 0 spiro atoms. The number of aliphatic carboxylic acids is 1. The van der Waals surface area contributed by atoms with Gasteiger partial charge in [0.15, 0.2) is 0 Å². The molecule has 0 heterocycles. The first-order valence-electron chi connectivity index (χ1n) is 8.48. The molecule has 27 heavy (non-hydrogen) atoms. The molecule has 7 heteroatoms. The minimum Gasteiger partial charge on any atom is -0.487 e. The van der Waals surface area contributed by atoms with Gasteiger partial charge in [-0.3, -0.25) is 9.59 Å². The van der Waals surface area contributed by atoms with Crippen molar-refractivity contribution in [1.82, 2.24) is 0 Å². The van der Waals surface area contributed by atoms with Crippen molar-refractivity contribution in [1.29, 1.82) is 0 Å². The largest absolute Gasteiger partial charge is 0.487 e. The smallest absolute Gasteiger partial charge is 0.303 e. The molecule has 2 aromatic carbocycles. The number of carboxylic acids is 1. The van der Waals surface area contributed by atoms with E-state index in [9.17, 15) is 9.59 Å². The third-order valence-corrected chi connectivity index (χ3v) is 4.97. The van der Waals surface area contributed by atoms with E-state index in [2.05, 4.69) is 37.2 Å². The Balaban J connectivity index is 2.06. The van der Waals surface area contributed by atoms with Gasteiger partial charge in [0.25, 0.3) is 0 Å². The molecule has 0 aromatic heterocycles. The third kappa shape index (κ3) is 6.66. The fraction of sp³-hybridized carbons (Fsp3) is 0.300. The maximum absolute atomic E-state index is 11.8. The molecule has 5 nitrogen and oxygen atoms in total. The van der Waals surface area contributed by atoms with Gasteiger partial charge in [-0.15, -0.1) is 0 Å². The van der Waals surface area contributed by atoms with Crippen molar-refractivity contribution in [3.8, 4) is 5.75 Å². The summed E-state index contributed by atoms with van der Waals surface area (Å²) < 4.78 is 7.42. The second kappa shape index (κ2) is 9.90. The lowest BCUT2D eigenvalue weighted by molar-refractivity contribution is -0.137. The Bertz CT molecular complexity index is 813. The van der Waals surface area contributed by atoms with E-state index >= 15 is 0 Å². The van der Waals surface area contributed by atoms with E-state index in [1.54, 1.807) is 0 Å². The summed E-state index contributed by atoms with van der Waals surface area (Å²) in [6.07, 6.45) is 0.526. The minimum atomic E-state index is -0.827. The van der Waals surface area contributed by atoms with Crippen molar-refractivity contribution in [2.24, 2.45) is 5.92 Å². The molecule has 0 saturated carbocycles. The van der Waals surface area contributed by atoms with Crippen LogP contribution in [0.15, 0.2) is 45.3 Å². The highest BCUT2D eigenvalue weighted by molar-refractivity contribution is 9.11. The number of hydrogen-bond donors (Lipinski definition) is 2. The number of anilines is 1. The van der Waals surface area contributed by atoms with E-state index in [4.69, 9.17) is 9.84 Å². The molecule has 0 bridgehead atoms. The van der Waals surface area contributed by atoms with Gasteiger partial charge in [-0.1, -0.05) is 26.0 Å². The number of halogens is 2. The summed E-state index contributed by atoms with van der Waals surface area (Å²) in [5, 5.41) is 11.7. The summed E-state index contributed by atoms with van der Waals surface area (Å²) in [5.41, 5.74) is 2.56. The van der Waals surface area contributed by atoms with Crippen LogP contribution >= 0.6 is 31.9 Å². The van der Waals surface area contributed by atoms with Crippen molar-refractivity contribution >= 4 is 49.4 Å². The summed E-state index contributed by atoms with van der Waals surface area (Å²) in [6, 6.07) is 11.2. The van der Waals surface area contributed by atoms with Crippen LogP contribution in [0, 0.1) is 5.92 Å². The molecule has 2 N–H and O–H groups in total. The SMILES string of the molecule is CC(C)C(=O)Nc1cccc(COc2c(Br)cc(CCC(=O)O)cc2Br)c1. The maximum Gasteiger partial charge on any atom is 0.303 e. The van der Waals surface area contributed by atoms with Crippen LogP contribution in [-0.2, 0) is 22.6 Å². The van der Waals surface area contributed by atoms with Crippen molar-refractivity contribution in [3.63, 3.8) is 0 Å². The molecule has 2 aromatic rings. The Morgan fingerprint density at radius 3 is 2.37 bits per heavy atom. The molecule has 0 fully saturated rings. The number of aryl methyl sites for hydroxylation is 1. The van der Waals surface area contributed by atoms with E-state index < -0.39 is 5.97 Å². The minimum absolute atomic E-state index is 0.0319. The van der Waals surface area contributed by atoms with Crippen molar-refractivity contribution in [3.05, 3.63) is 56.5 Å². The van der Waals surface area contributed by atoms with Crippen LogP contribution in [0.2, 0.25) is 0 Å². The molecule has 144 valence electrons. The van der Waals surface area contributed by atoms with E-state index in [-0.39, 0.29) is 18.2 Å². The molecular weight excluding hydrogens is 478 g/mol. The lowest BCUT2D eigenvalue weighted by atomic mass is 10.1. The Morgan fingerprint density at radius 2 is 1.78 bits per heavy atom. The summed E-state index contributed by atoms with van der Waals surface area (Å²) in [5.74, 6) is -0.301. The highest BCUT2D eigenvalue weighted by Crippen LogP contribution is 2.35. The van der Waals surface area contributed by atoms with Gasteiger partial charge in [0.2, 0.25) is 5.91 Å². The maximum atomic E-state index is 11.8. The molecule has 0 radical (unpaired) electrons. The van der Waals surface area contributed by atoms with Crippen molar-refractivity contribution < 1.29 is 19.4 Å². The van der Waals surface area contributed by atoms with Crippen LogP contribution in [0.5, 0.6) is 5.75 Å². The van der Waals surface area contributed by atoms with E-state index in [0.717, 1.165) is 25.8 Å². The van der Waals surface area contributed by atoms with Gasteiger partial charge in [-0.05, 0) is 73.7 Å². The number of carbonyl (C=O) groups is 2. The average molecular weight is 499 g/mol. The predicted octanol–water partition coefficient (Wildman–Crippen LogP) is 5.40. The molecule has 1 amide bonds. The third-order valence-electron chi connectivity index (χ3n) is 3.79. The molecule has 0 atom stereocenters. The molecule has 0 aliphatic heterocycles. The number of amides is 1. The molecule has 0 saturated heterocycles. The van der Waals surface area contributed by atoms with Crippen LogP contribution < -0.4 is 10.1 Å². The number of nitrogens with one attached hydrogen (secondary N) is 1. The highest BCUT2D eigenvalue weighted by atomic mass is 79.9. The average Bonchev–Trinajstić information content (AvgIpc) is 2.59. The van der Waals surface area contributed by atoms with Crippen LogP contribution in [0.3, 0.4) is 0 Å². The number of benzene rings is 2. The van der Waals surface area contributed by atoms with Gasteiger partial charge >= 0.3 is 5.97 Å². The van der Waals surface area contributed by atoms with Crippen molar-refractivity contribution in [2.75, 3.05) is 5.32 Å². The summed E-state index contributed by atoms with van der Waals surface area (Å²) >= 11 is 6.96. The Morgan fingerprint density at radius 1 is 1.11 bits per heavy atom.